The summed E-state index contributed by atoms with van der Waals surface area (Å²) in [6.45, 7) is 9.70. The fourth-order valence-electron chi connectivity index (χ4n) is 11.2. The number of hydrogen-bond donors (Lipinski definition) is 5. The third-order valence-electron chi connectivity index (χ3n) is 14.6. The average molecular weight is 930 g/mol. The maximum atomic E-state index is 14.5. The second-order valence-electron chi connectivity index (χ2n) is 19.8. The number of carboxylic acids is 1. The maximum absolute atomic E-state index is 14.5. The Kier molecular flexibility index (Phi) is 17.1. The van der Waals surface area contributed by atoms with Gasteiger partial charge in [-0.2, -0.15) is 5.10 Å². The lowest BCUT2D eigenvalue weighted by atomic mass is 9.48. The summed E-state index contributed by atoms with van der Waals surface area (Å²) in [5.74, 6) is -0.131. The third-order valence-corrected chi connectivity index (χ3v) is 14.6. The minimum Gasteiger partial charge on any atom is -0.496 e. The molecule has 0 radical (unpaired) electrons. The van der Waals surface area contributed by atoms with Crippen LogP contribution in [-0.2, 0) is 9.59 Å². The van der Waals surface area contributed by atoms with Gasteiger partial charge in [0.2, 0.25) is 0 Å². The molecule has 4 aliphatic carbocycles. The number of amides is 2. The summed E-state index contributed by atoms with van der Waals surface area (Å²) in [7, 11) is 9.02. The molecule has 368 valence electrons. The number of unbranched alkanes of at least 4 members (excludes halogenated alkanes) is 1. The van der Waals surface area contributed by atoms with E-state index < -0.39 is 29.6 Å². The van der Waals surface area contributed by atoms with Crippen molar-refractivity contribution < 1.29 is 40.3 Å². The Hall–Kier alpha value is -4.87. The molecule has 2 amide bonds. The number of aliphatic carboxylic acids is 1. The maximum Gasteiger partial charge on any atom is 0.330 e. The number of nitrogens with zero attached hydrogens (tertiary/aromatic N) is 5. The van der Waals surface area contributed by atoms with E-state index in [9.17, 15) is 29.4 Å². The molecule has 1 heterocycles. The van der Waals surface area contributed by atoms with Crippen LogP contribution in [0.25, 0.3) is 16.9 Å². The largest absolute Gasteiger partial charge is 0.496 e. The Morgan fingerprint density at radius 3 is 2.09 bits per heavy atom. The highest BCUT2D eigenvalue weighted by Crippen LogP contribution is 2.58. The fourth-order valence-corrected chi connectivity index (χ4v) is 11.2. The first kappa shape index (κ1) is 50.0. The van der Waals surface area contributed by atoms with Crippen molar-refractivity contribution in [1.29, 1.82) is 0 Å². The van der Waals surface area contributed by atoms with E-state index >= 15 is 0 Å². The van der Waals surface area contributed by atoms with Crippen molar-refractivity contribution in [2.45, 2.75) is 109 Å². The second-order valence-corrected chi connectivity index (χ2v) is 19.8. The van der Waals surface area contributed by atoms with Crippen LogP contribution >= 0.6 is 0 Å². The highest BCUT2D eigenvalue weighted by atomic mass is 16.5. The molecule has 7 rings (SSSR count). The quantitative estimate of drug-likeness (QED) is 0.0481. The standard InChI is InChI=1S/C51H76N8O8/c1-32(2)39-29-36(49(63)58(6)23-13-21-56(4)20-12-22-57(5)31-53-40(14-9-10-19-52)47(61)33(3)60)17-18-42(39)59-43(46-44(66-7)15-11-16-45(46)67-8)30-41(55-59)48(62)54-51(50(64)65)37-25-34-24-35(27-37)28-38(51)26-34/h11,15-18,29-30,32-35,37-38,40,53,60H,9-10,12-14,19-28,31,52H2,1-8H3,(H,54,62)(H,64,65)/i/hD. The molecule has 0 aliphatic heterocycles. The third kappa shape index (κ3) is 11.7. The van der Waals surface area contributed by atoms with Crippen LogP contribution in [0.4, 0.5) is 0 Å². The van der Waals surface area contributed by atoms with Gasteiger partial charge in [0.25, 0.3) is 11.8 Å². The molecule has 16 nitrogen and oxygen atoms in total. The number of aromatic nitrogens is 2. The second kappa shape index (κ2) is 23.0. The van der Waals surface area contributed by atoms with Gasteiger partial charge in [-0.05, 0) is 170 Å². The van der Waals surface area contributed by atoms with Crippen molar-refractivity contribution in [3.05, 3.63) is 59.3 Å². The first-order valence-corrected chi connectivity index (χ1v) is 24.3. The number of Topliss-reactive ketones (excluding diaryl/α,β-unsaturated/α-hetero) is 1. The highest BCUT2D eigenvalue weighted by Gasteiger charge is 2.62. The lowest BCUT2D eigenvalue weighted by Gasteiger charge is -2.59. The van der Waals surface area contributed by atoms with E-state index in [2.05, 4.69) is 33.2 Å². The number of benzene rings is 2. The number of ether oxygens (including phenoxy) is 2. The number of methoxy groups -OCH3 is 2. The number of aliphatic hydroxyl groups excluding tert-OH is 1. The minimum absolute atomic E-state index is 0.0564. The van der Waals surface area contributed by atoms with Crippen molar-refractivity contribution in [2.75, 3.05) is 74.8 Å². The smallest absolute Gasteiger partial charge is 0.330 e. The lowest BCUT2D eigenvalue weighted by Crippen LogP contribution is -2.70. The number of nitrogens with one attached hydrogen (secondary N) is 2. The van der Waals surface area contributed by atoms with Crippen LogP contribution < -0.4 is 25.8 Å². The molecule has 0 saturated heterocycles. The Morgan fingerprint density at radius 1 is 0.881 bits per heavy atom. The Bertz CT molecular complexity index is 2170. The minimum atomic E-state index is -1.35. The zero-order valence-electron chi connectivity index (χ0n) is 42.0. The number of aliphatic hydroxyl groups is 1. The van der Waals surface area contributed by atoms with Crippen molar-refractivity contribution >= 4 is 23.6 Å². The molecule has 6 N–H and O–H groups in total. The summed E-state index contributed by atoms with van der Waals surface area (Å²) >= 11 is 0. The number of hydrogen-bond acceptors (Lipinski definition) is 12. The number of rotatable bonds is 27. The first-order valence-electron chi connectivity index (χ1n) is 24.8. The van der Waals surface area contributed by atoms with Gasteiger partial charge in [0, 0.05) is 32.4 Å². The monoisotopic (exact) mass is 930 g/mol. The summed E-state index contributed by atoms with van der Waals surface area (Å²) in [6.07, 6.45) is 7.20. The van der Waals surface area contributed by atoms with Crippen molar-refractivity contribution in [3.8, 4) is 28.4 Å². The van der Waals surface area contributed by atoms with E-state index in [1.807, 2.05) is 58.3 Å². The van der Waals surface area contributed by atoms with Crippen LogP contribution in [0.5, 0.6) is 11.5 Å². The lowest BCUT2D eigenvalue weighted by molar-refractivity contribution is -0.163. The van der Waals surface area contributed by atoms with E-state index in [0.717, 1.165) is 83.0 Å². The molecule has 67 heavy (non-hydrogen) atoms. The topological polar surface area (TPSA) is 205 Å². The SMILES string of the molecule is [2H]NCCCCC(NCN(C)CCCN(C)CCCN(C)C(=O)c1ccc(-n2nc(C(=O)NC3(C(=O)O)C4CC5CC(C4)CC3C5)cc2-c2c(OC)cccc2OC)c(C(C)C)c1)C(=O)C(C)O. The first-order chi connectivity index (χ1) is 32.5. The number of ketones is 1. The van der Waals surface area contributed by atoms with Gasteiger partial charge >= 0.3 is 5.97 Å². The van der Waals surface area contributed by atoms with Crippen molar-refractivity contribution in [2.24, 2.45) is 29.4 Å². The average Bonchev–Trinajstić information content (AvgIpc) is 3.76. The van der Waals surface area contributed by atoms with Gasteiger partial charge in [0.1, 0.15) is 24.6 Å². The van der Waals surface area contributed by atoms with E-state index in [0.29, 0.717) is 72.0 Å². The molecule has 4 aliphatic rings. The van der Waals surface area contributed by atoms with Gasteiger partial charge in [0.15, 0.2) is 11.5 Å². The predicted molar refractivity (Wildman–Crippen MR) is 259 cm³/mol. The molecule has 1 aromatic heterocycles. The molecular formula is C51H76N8O8. The molecule has 16 heteroatoms. The van der Waals surface area contributed by atoms with Crippen LogP contribution in [0, 0.1) is 23.7 Å². The summed E-state index contributed by atoms with van der Waals surface area (Å²) in [5, 5.41) is 32.0. The fraction of sp³-hybridized carbons (Fsp3) is 0.627. The van der Waals surface area contributed by atoms with Crippen LogP contribution in [0.2, 0.25) is 1.41 Å². The Morgan fingerprint density at radius 2 is 1.51 bits per heavy atom. The molecule has 2 unspecified atom stereocenters. The number of carbonyl (C=O) groups is 4. The predicted octanol–water partition coefficient (Wildman–Crippen LogP) is 5.40. The van der Waals surface area contributed by atoms with Crippen LogP contribution in [0.1, 0.15) is 117 Å². The van der Waals surface area contributed by atoms with Crippen molar-refractivity contribution in [1.82, 2.24) is 35.1 Å². The summed E-state index contributed by atoms with van der Waals surface area (Å²) < 4.78 is 20.5. The molecule has 3 aromatic rings. The van der Waals surface area contributed by atoms with Gasteiger partial charge in [-0.25, -0.2) is 9.48 Å². The summed E-state index contributed by atoms with van der Waals surface area (Å²) in [4.78, 5) is 60.4. The van der Waals surface area contributed by atoms with Gasteiger partial charge in [0.05, 0.1) is 37.2 Å². The number of carbonyl (C=O) groups excluding carboxylic acids is 3. The molecular weight excluding hydrogens is 853 g/mol. The van der Waals surface area contributed by atoms with Gasteiger partial charge in [-0.15, -0.1) is 0 Å². The van der Waals surface area contributed by atoms with Crippen LogP contribution in [-0.4, -0.2) is 151 Å². The molecule has 2 atom stereocenters. The molecule has 4 fully saturated rings. The summed E-state index contributed by atoms with van der Waals surface area (Å²) in [6, 6.07) is 12.2. The number of carboxylic acid groups (broad SMARTS) is 1. The Labute approximate surface area is 398 Å². The normalized spacial score (nSPS) is 21.9. The zero-order valence-corrected chi connectivity index (χ0v) is 41.0. The zero-order chi connectivity index (χ0) is 49.3. The molecule has 4 bridgehead atoms. The highest BCUT2D eigenvalue weighted by molar-refractivity contribution is 5.98. The van der Waals surface area contributed by atoms with E-state index in [1.165, 1.54) is 6.92 Å². The van der Waals surface area contributed by atoms with Crippen LogP contribution in [0.3, 0.4) is 0 Å². The summed E-state index contributed by atoms with van der Waals surface area (Å²) in [5.41, 5.74) is 4.22. The van der Waals surface area contributed by atoms with Crippen molar-refractivity contribution in [3.63, 3.8) is 0 Å². The molecule has 2 aromatic carbocycles. The van der Waals surface area contributed by atoms with E-state index in [1.54, 1.807) is 35.9 Å². The van der Waals surface area contributed by atoms with Crippen LogP contribution in [0.15, 0.2) is 42.5 Å². The van der Waals surface area contributed by atoms with Gasteiger partial charge in [-0.3, -0.25) is 24.6 Å². The molecule has 0 spiro atoms. The van der Waals surface area contributed by atoms with Gasteiger partial charge in [-0.1, -0.05) is 26.3 Å². The van der Waals surface area contributed by atoms with E-state index in [4.69, 9.17) is 16.0 Å². The van der Waals surface area contributed by atoms with Gasteiger partial charge < -0.3 is 40.5 Å². The Balaban J connectivity index is 1.12. The molecule has 4 saturated carbocycles. The number of nitrogens with two attached hydrogens (primary N) is 1. The van der Waals surface area contributed by atoms with E-state index in [-0.39, 0.29) is 35.1 Å².